The monoisotopic (exact) mass is 346 g/mol. The molecule has 0 aliphatic rings. The quantitative estimate of drug-likeness (QED) is 0.582. The molecular weight excluding hydrogens is 337 g/mol. The van der Waals surface area contributed by atoms with E-state index in [1.165, 1.54) is 12.1 Å². The Morgan fingerprint density at radius 2 is 1.80 bits per heavy atom. The van der Waals surface area contributed by atoms with Crippen molar-refractivity contribution in [2.24, 2.45) is 5.84 Å². The third-order valence-electron chi connectivity index (χ3n) is 2.44. The van der Waals surface area contributed by atoms with Gasteiger partial charge in [-0.25, -0.2) is 10.8 Å². The fourth-order valence-electron chi connectivity index (χ4n) is 1.55. The molecular formula is C12H10BrF3N4. The van der Waals surface area contributed by atoms with Gasteiger partial charge in [-0.3, -0.25) is 0 Å². The van der Waals surface area contributed by atoms with E-state index in [1.807, 2.05) is 0 Å². The number of pyridine rings is 1. The van der Waals surface area contributed by atoms with Gasteiger partial charge in [-0.15, -0.1) is 0 Å². The number of rotatable bonds is 3. The molecule has 0 spiro atoms. The Labute approximate surface area is 121 Å². The Kier molecular flexibility index (Phi) is 4.15. The summed E-state index contributed by atoms with van der Waals surface area (Å²) in [5.74, 6) is 6.01. The Morgan fingerprint density at radius 1 is 1.10 bits per heavy atom. The standard InChI is InChI=1S/C12H10BrF3N4/c13-9-5-4-7(6-8(9)12(14,15)16)18-10-2-1-3-11(19-10)20-17/h1-6H,17H2,(H2,18,19,20). The first-order chi connectivity index (χ1) is 9.40. The zero-order chi connectivity index (χ0) is 14.8. The highest BCUT2D eigenvalue weighted by atomic mass is 79.9. The topological polar surface area (TPSA) is 63.0 Å². The van der Waals surface area contributed by atoms with Gasteiger partial charge in [0.25, 0.3) is 0 Å². The van der Waals surface area contributed by atoms with E-state index in [2.05, 4.69) is 31.7 Å². The van der Waals surface area contributed by atoms with Gasteiger partial charge in [0.15, 0.2) is 0 Å². The molecule has 1 aromatic carbocycles. The Morgan fingerprint density at radius 3 is 2.45 bits per heavy atom. The molecule has 8 heteroatoms. The number of anilines is 3. The molecule has 0 aliphatic carbocycles. The maximum atomic E-state index is 12.8. The van der Waals surface area contributed by atoms with Crippen molar-refractivity contribution in [3.05, 3.63) is 46.4 Å². The maximum Gasteiger partial charge on any atom is 0.417 e. The number of nitrogen functional groups attached to an aromatic ring is 1. The molecule has 0 amide bonds. The number of benzene rings is 1. The second-order valence-corrected chi connectivity index (χ2v) is 4.72. The number of nitrogens with one attached hydrogen (secondary N) is 2. The van der Waals surface area contributed by atoms with Crippen LogP contribution in [0.2, 0.25) is 0 Å². The van der Waals surface area contributed by atoms with Crippen LogP contribution in [0.25, 0.3) is 0 Å². The van der Waals surface area contributed by atoms with Crippen molar-refractivity contribution in [1.82, 2.24) is 4.98 Å². The minimum Gasteiger partial charge on any atom is -0.340 e. The highest BCUT2D eigenvalue weighted by Crippen LogP contribution is 2.36. The van der Waals surface area contributed by atoms with Crippen LogP contribution in [-0.2, 0) is 6.18 Å². The van der Waals surface area contributed by atoms with Gasteiger partial charge >= 0.3 is 6.18 Å². The number of aromatic nitrogens is 1. The zero-order valence-corrected chi connectivity index (χ0v) is 11.6. The number of hydrogen-bond acceptors (Lipinski definition) is 4. The third kappa shape index (κ3) is 3.40. The lowest BCUT2D eigenvalue weighted by atomic mass is 10.2. The van der Waals surface area contributed by atoms with Gasteiger partial charge in [0.05, 0.1) is 5.56 Å². The van der Waals surface area contributed by atoms with Crippen LogP contribution in [0.1, 0.15) is 5.56 Å². The molecule has 4 nitrogen and oxygen atoms in total. The van der Waals surface area contributed by atoms with E-state index < -0.39 is 11.7 Å². The van der Waals surface area contributed by atoms with E-state index in [0.717, 1.165) is 6.07 Å². The molecule has 1 heterocycles. The molecule has 0 unspecified atom stereocenters. The number of halogens is 4. The fourth-order valence-corrected chi connectivity index (χ4v) is 2.02. The maximum absolute atomic E-state index is 12.8. The van der Waals surface area contributed by atoms with Crippen molar-refractivity contribution in [2.45, 2.75) is 6.18 Å². The zero-order valence-electron chi connectivity index (χ0n) is 10.0. The van der Waals surface area contributed by atoms with Crippen molar-refractivity contribution < 1.29 is 13.2 Å². The third-order valence-corrected chi connectivity index (χ3v) is 3.13. The first kappa shape index (κ1) is 14.6. The van der Waals surface area contributed by atoms with Gasteiger partial charge < -0.3 is 10.7 Å². The first-order valence-corrected chi connectivity index (χ1v) is 6.27. The average molecular weight is 347 g/mol. The van der Waals surface area contributed by atoms with Gasteiger partial charge in [0.2, 0.25) is 0 Å². The van der Waals surface area contributed by atoms with E-state index >= 15 is 0 Å². The van der Waals surface area contributed by atoms with Crippen LogP contribution < -0.4 is 16.6 Å². The molecule has 2 aromatic rings. The Balaban J connectivity index is 2.30. The van der Waals surface area contributed by atoms with Crippen LogP contribution in [0.3, 0.4) is 0 Å². The molecule has 0 saturated heterocycles. The normalized spacial score (nSPS) is 11.2. The van der Waals surface area contributed by atoms with Gasteiger partial charge in [0.1, 0.15) is 11.6 Å². The molecule has 0 bridgehead atoms. The summed E-state index contributed by atoms with van der Waals surface area (Å²) in [6.07, 6.45) is -4.43. The summed E-state index contributed by atoms with van der Waals surface area (Å²) in [5.41, 5.74) is 1.89. The lowest BCUT2D eigenvalue weighted by Gasteiger charge is -2.12. The molecule has 2 rings (SSSR count). The van der Waals surface area contributed by atoms with Crippen molar-refractivity contribution in [1.29, 1.82) is 0 Å². The highest BCUT2D eigenvalue weighted by Gasteiger charge is 2.33. The first-order valence-electron chi connectivity index (χ1n) is 5.47. The smallest absolute Gasteiger partial charge is 0.340 e. The summed E-state index contributed by atoms with van der Waals surface area (Å²) in [5, 5.41) is 2.79. The van der Waals surface area contributed by atoms with Crippen LogP contribution in [0.5, 0.6) is 0 Å². The average Bonchev–Trinajstić information content (AvgIpc) is 2.40. The van der Waals surface area contributed by atoms with Crippen LogP contribution in [0, 0.1) is 0 Å². The fraction of sp³-hybridized carbons (Fsp3) is 0.0833. The molecule has 0 aliphatic heterocycles. The molecule has 106 valence electrons. The van der Waals surface area contributed by atoms with Gasteiger partial charge in [-0.2, -0.15) is 13.2 Å². The van der Waals surface area contributed by atoms with E-state index in [-0.39, 0.29) is 10.2 Å². The van der Waals surface area contributed by atoms with Crippen LogP contribution in [0.15, 0.2) is 40.9 Å². The predicted octanol–water partition coefficient (Wildman–Crippen LogP) is 3.89. The van der Waals surface area contributed by atoms with Gasteiger partial charge in [0, 0.05) is 10.2 Å². The second kappa shape index (κ2) is 5.68. The molecule has 0 fully saturated rings. The van der Waals surface area contributed by atoms with Crippen molar-refractivity contribution in [3.8, 4) is 0 Å². The molecule has 0 atom stereocenters. The van der Waals surface area contributed by atoms with Crippen molar-refractivity contribution in [2.75, 3.05) is 10.7 Å². The minimum atomic E-state index is -4.43. The lowest BCUT2D eigenvalue weighted by molar-refractivity contribution is -0.138. The van der Waals surface area contributed by atoms with Crippen LogP contribution >= 0.6 is 15.9 Å². The molecule has 4 N–H and O–H groups in total. The Hall–Kier alpha value is -1.80. The molecule has 20 heavy (non-hydrogen) atoms. The molecule has 1 aromatic heterocycles. The van der Waals surface area contributed by atoms with Crippen LogP contribution in [0.4, 0.5) is 30.5 Å². The van der Waals surface area contributed by atoms with Crippen molar-refractivity contribution in [3.63, 3.8) is 0 Å². The van der Waals surface area contributed by atoms with E-state index in [9.17, 15) is 13.2 Å². The molecule has 0 saturated carbocycles. The summed E-state index contributed by atoms with van der Waals surface area (Å²) in [4.78, 5) is 4.06. The van der Waals surface area contributed by atoms with E-state index in [4.69, 9.17) is 5.84 Å². The van der Waals surface area contributed by atoms with E-state index in [0.29, 0.717) is 11.6 Å². The van der Waals surface area contributed by atoms with Gasteiger partial charge in [-0.05, 0) is 30.3 Å². The number of hydrogen-bond donors (Lipinski definition) is 3. The van der Waals surface area contributed by atoms with Crippen LogP contribution in [-0.4, -0.2) is 4.98 Å². The summed E-state index contributed by atoms with van der Waals surface area (Å²) < 4.78 is 38.3. The minimum absolute atomic E-state index is 0.0131. The number of hydrazine groups is 1. The summed E-state index contributed by atoms with van der Waals surface area (Å²) in [6, 6.07) is 8.78. The summed E-state index contributed by atoms with van der Waals surface area (Å²) in [7, 11) is 0. The summed E-state index contributed by atoms with van der Waals surface area (Å²) in [6.45, 7) is 0. The number of alkyl halides is 3. The number of nitrogens with zero attached hydrogens (tertiary/aromatic N) is 1. The lowest BCUT2D eigenvalue weighted by Crippen LogP contribution is -2.09. The SMILES string of the molecule is NNc1cccc(Nc2ccc(Br)c(C(F)(F)F)c2)n1. The molecule has 0 radical (unpaired) electrons. The van der Waals surface area contributed by atoms with E-state index in [1.54, 1.807) is 18.2 Å². The summed E-state index contributed by atoms with van der Waals surface area (Å²) >= 11 is 2.88. The largest absolute Gasteiger partial charge is 0.417 e. The number of nitrogens with two attached hydrogens (primary N) is 1. The highest BCUT2D eigenvalue weighted by molar-refractivity contribution is 9.10. The second-order valence-electron chi connectivity index (χ2n) is 3.87. The van der Waals surface area contributed by atoms with Crippen molar-refractivity contribution >= 4 is 33.3 Å². The Bertz CT molecular complexity index is 616. The van der Waals surface area contributed by atoms with Gasteiger partial charge in [-0.1, -0.05) is 22.0 Å². The predicted molar refractivity (Wildman–Crippen MR) is 74.5 cm³/mol.